The first-order valence-corrected chi connectivity index (χ1v) is 14.3. The van der Waals surface area contributed by atoms with E-state index in [4.69, 9.17) is 8.60 Å². The number of halogens is 1. The first kappa shape index (κ1) is 25.9. The number of nitrogens with zero attached hydrogens (tertiary/aromatic N) is 1. The maximum atomic E-state index is 13.0. The maximum absolute atomic E-state index is 13.0. The van der Waals surface area contributed by atoms with Gasteiger partial charge in [0.1, 0.15) is 10.6 Å². The highest BCUT2D eigenvalue weighted by Gasteiger charge is 2.22. The summed E-state index contributed by atoms with van der Waals surface area (Å²) in [5, 5.41) is 0.261. The van der Waals surface area contributed by atoms with Crippen molar-refractivity contribution in [3.63, 3.8) is 0 Å². The van der Waals surface area contributed by atoms with Crippen molar-refractivity contribution < 1.29 is 25.8 Å². The van der Waals surface area contributed by atoms with Crippen LogP contribution in [0.25, 0.3) is 22.1 Å². The van der Waals surface area contributed by atoms with Crippen LogP contribution in [0.1, 0.15) is 0 Å². The molecule has 5 rings (SSSR count). The minimum atomic E-state index is -4.28. The fourth-order valence-electron chi connectivity index (χ4n) is 3.83. The monoisotopic (exact) mass is 610 g/mol. The second kappa shape index (κ2) is 10.5. The molecular weight excluding hydrogens is 594 g/mol. The zero-order chi connectivity index (χ0) is 26.9. The number of fused-ring (bicyclic) bond motifs is 1. The van der Waals surface area contributed by atoms with Crippen molar-refractivity contribution in [2.45, 2.75) is 4.90 Å². The molecule has 0 aliphatic heterocycles. The van der Waals surface area contributed by atoms with Gasteiger partial charge < -0.3 is 13.2 Å². The van der Waals surface area contributed by atoms with E-state index in [1.54, 1.807) is 30.3 Å². The Balaban J connectivity index is 1.51. The molecule has 0 radical (unpaired) electrons. The Morgan fingerprint density at radius 3 is 2.21 bits per heavy atom. The summed E-state index contributed by atoms with van der Waals surface area (Å²) in [6, 6.07) is 27.7. The second-order valence-corrected chi connectivity index (χ2v) is 11.3. The van der Waals surface area contributed by atoms with Crippen LogP contribution in [0, 0.1) is 0 Å². The smallest absolute Gasteiger partial charge is 0.361 e. The molecular formula is C27H17BrNO7S2-. The molecule has 0 aliphatic rings. The minimum Gasteiger partial charge on any atom is -0.755 e. The summed E-state index contributed by atoms with van der Waals surface area (Å²) in [4.78, 5) is 12.8. The van der Waals surface area contributed by atoms with Crippen LogP contribution in [0.3, 0.4) is 0 Å². The van der Waals surface area contributed by atoms with Gasteiger partial charge in [0, 0.05) is 9.86 Å². The maximum Gasteiger partial charge on any atom is 0.361 e. The van der Waals surface area contributed by atoms with Crippen LogP contribution in [0.4, 0.5) is 11.4 Å². The number of anilines is 2. The molecule has 0 saturated carbocycles. The Morgan fingerprint density at radius 2 is 1.53 bits per heavy atom. The Bertz CT molecular complexity index is 1820. The number of hydrogen-bond donors (Lipinski definition) is 0. The lowest BCUT2D eigenvalue weighted by Gasteiger charge is -2.25. The largest absolute Gasteiger partial charge is 0.755 e. The molecule has 1 atom stereocenters. The Hall–Kier alpha value is -3.77. The second-order valence-electron chi connectivity index (χ2n) is 8.01. The zero-order valence-corrected chi connectivity index (χ0v) is 22.5. The fraction of sp³-hybridized carbons (Fsp3) is 0. The van der Waals surface area contributed by atoms with E-state index in [9.17, 15) is 22.0 Å². The molecule has 0 fully saturated rings. The van der Waals surface area contributed by atoms with Crippen molar-refractivity contribution in [3.05, 3.63) is 118 Å². The third-order valence-corrected chi connectivity index (χ3v) is 8.01. The van der Waals surface area contributed by atoms with E-state index in [1.807, 2.05) is 30.3 Å². The van der Waals surface area contributed by atoms with Crippen LogP contribution in [-0.4, -0.2) is 17.2 Å². The van der Waals surface area contributed by atoms with Crippen molar-refractivity contribution in [1.82, 2.24) is 0 Å². The van der Waals surface area contributed by atoms with Gasteiger partial charge in [-0.05, 0) is 53.6 Å². The molecule has 4 aromatic carbocycles. The molecule has 0 bridgehead atoms. The van der Waals surface area contributed by atoms with Crippen LogP contribution in [0.5, 0.6) is 5.75 Å². The third kappa shape index (κ3) is 5.27. The molecule has 0 spiro atoms. The van der Waals surface area contributed by atoms with Crippen LogP contribution in [0.2, 0.25) is 0 Å². The molecule has 5 aromatic rings. The Morgan fingerprint density at radius 1 is 0.842 bits per heavy atom. The summed E-state index contributed by atoms with van der Waals surface area (Å²) in [5.74, 6) is -0.212. The van der Waals surface area contributed by atoms with Crippen molar-refractivity contribution in [1.29, 1.82) is 0 Å². The minimum absolute atomic E-state index is 0.0873. The molecule has 0 aliphatic carbocycles. The van der Waals surface area contributed by atoms with Crippen LogP contribution < -0.4 is 14.1 Å². The lowest BCUT2D eigenvalue weighted by molar-refractivity contribution is 0.475. The normalized spacial score (nSPS) is 12.3. The van der Waals surface area contributed by atoms with E-state index < -0.39 is 27.0 Å². The summed E-state index contributed by atoms with van der Waals surface area (Å²) < 4.78 is 62.3. The highest BCUT2D eigenvalue weighted by Crippen LogP contribution is 2.33. The van der Waals surface area contributed by atoms with Crippen molar-refractivity contribution in [3.8, 4) is 16.9 Å². The molecule has 1 aromatic heterocycles. The SMILES string of the molecule is O=c1oc2c(OS(=O)(=O)c3ccc(-c4ccccc4)cc3)cccc2cc1N(c1cccc(Br)c1)S(=O)[O-]. The van der Waals surface area contributed by atoms with E-state index in [1.165, 1.54) is 42.5 Å². The molecule has 8 nitrogen and oxygen atoms in total. The van der Waals surface area contributed by atoms with E-state index in [-0.39, 0.29) is 33.0 Å². The van der Waals surface area contributed by atoms with Gasteiger partial charge >= 0.3 is 15.7 Å². The van der Waals surface area contributed by atoms with Crippen molar-refractivity contribution in [2.75, 3.05) is 4.31 Å². The topological polar surface area (TPSA) is 117 Å². The highest BCUT2D eigenvalue weighted by atomic mass is 79.9. The Kier molecular flexibility index (Phi) is 7.17. The van der Waals surface area contributed by atoms with Gasteiger partial charge in [-0.3, -0.25) is 8.51 Å². The van der Waals surface area contributed by atoms with E-state index in [0.717, 1.165) is 15.4 Å². The van der Waals surface area contributed by atoms with Gasteiger partial charge in [-0.2, -0.15) is 8.42 Å². The van der Waals surface area contributed by atoms with Gasteiger partial charge in [-0.15, -0.1) is 0 Å². The quantitative estimate of drug-likeness (QED) is 0.127. The van der Waals surface area contributed by atoms with Gasteiger partial charge in [-0.25, -0.2) is 4.79 Å². The van der Waals surface area contributed by atoms with Gasteiger partial charge in [0.2, 0.25) is 0 Å². The van der Waals surface area contributed by atoms with Gasteiger partial charge in [0.15, 0.2) is 11.3 Å². The predicted molar refractivity (Wildman–Crippen MR) is 147 cm³/mol. The average molecular weight is 611 g/mol. The fourth-order valence-corrected chi connectivity index (χ4v) is 5.73. The lowest BCUT2D eigenvalue weighted by atomic mass is 10.1. The molecule has 0 saturated heterocycles. The van der Waals surface area contributed by atoms with E-state index >= 15 is 0 Å². The highest BCUT2D eigenvalue weighted by molar-refractivity contribution is 9.10. The summed E-state index contributed by atoms with van der Waals surface area (Å²) >= 11 is 0.427. The first-order valence-electron chi connectivity index (χ1n) is 11.0. The summed E-state index contributed by atoms with van der Waals surface area (Å²) in [5.41, 5.74) is 0.548. The van der Waals surface area contributed by atoms with E-state index in [2.05, 4.69) is 15.9 Å². The van der Waals surface area contributed by atoms with E-state index in [0.29, 0.717) is 4.47 Å². The lowest BCUT2D eigenvalue weighted by Crippen LogP contribution is -2.25. The average Bonchev–Trinajstić information content (AvgIpc) is 2.90. The number of benzene rings is 4. The summed E-state index contributed by atoms with van der Waals surface area (Å²) in [7, 11) is -4.28. The van der Waals surface area contributed by atoms with Crippen molar-refractivity contribution >= 4 is 59.7 Å². The molecule has 0 N–H and O–H groups in total. The summed E-state index contributed by atoms with van der Waals surface area (Å²) in [6.45, 7) is 0. The number of hydrogen-bond acceptors (Lipinski definition) is 7. The summed E-state index contributed by atoms with van der Waals surface area (Å²) in [6.07, 6.45) is 0. The zero-order valence-electron chi connectivity index (χ0n) is 19.3. The molecule has 1 unspecified atom stereocenters. The third-order valence-electron chi connectivity index (χ3n) is 5.57. The molecule has 0 amide bonds. The predicted octanol–water partition coefficient (Wildman–Crippen LogP) is 5.92. The van der Waals surface area contributed by atoms with Gasteiger partial charge in [0.25, 0.3) is 0 Å². The standard InChI is InChI=1S/C27H18BrNO7S2/c28-21-9-5-10-22(17-21)29(37(31)32)24-16-20-8-4-11-25(26(20)35-27(24)30)36-38(33,34)23-14-12-19(13-15-23)18-6-2-1-3-7-18/h1-17H,(H,31,32)/p-1. The first-order chi connectivity index (χ1) is 18.2. The van der Waals surface area contributed by atoms with Crippen LogP contribution in [0.15, 0.2) is 122 Å². The number of rotatable bonds is 7. The number of para-hydroxylation sites is 1. The van der Waals surface area contributed by atoms with Crippen molar-refractivity contribution in [2.24, 2.45) is 0 Å². The van der Waals surface area contributed by atoms with Gasteiger partial charge in [0.05, 0.1) is 17.0 Å². The van der Waals surface area contributed by atoms with Crippen LogP contribution >= 0.6 is 15.9 Å². The van der Waals surface area contributed by atoms with Gasteiger partial charge in [-0.1, -0.05) is 76.6 Å². The van der Waals surface area contributed by atoms with Crippen LogP contribution in [-0.2, 0) is 21.4 Å². The Labute approximate surface area is 228 Å². The molecule has 1 heterocycles. The molecule has 38 heavy (non-hydrogen) atoms. The molecule has 192 valence electrons. The molecule has 11 heteroatoms.